The predicted molar refractivity (Wildman–Crippen MR) is 90.3 cm³/mol. The first kappa shape index (κ1) is 17.3. The molecule has 0 saturated carbocycles. The van der Waals surface area contributed by atoms with Gasteiger partial charge in [-0.1, -0.05) is 13.3 Å². The second-order valence-electron chi connectivity index (χ2n) is 5.87. The van der Waals surface area contributed by atoms with E-state index in [-0.39, 0.29) is 24.3 Å². The molecule has 1 N–H and O–H groups in total. The van der Waals surface area contributed by atoms with Gasteiger partial charge >= 0.3 is 5.69 Å². The third-order valence-electron chi connectivity index (χ3n) is 3.66. The van der Waals surface area contributed by atoms with Gasteiger partial charge in [-0.25, -0.2) is 4.79 Å². The number of methoxy groups -OCH3 is 1. The van der Waals surface area contributed by atoms with Crippen LogP contribution in [0.1, 0.15) is 33.6 Å². The lowest BCUT2D eigenvalue weighted by molar-refractivity contribution is 0.0781. The van der Waals surface area contributed by atoms with Crippen LogP contribution in [0.4, 0.5) is 0 Å². The first-order valence-corrected chi connectivity index (χ1v) is 7.92. The first-order chi connectivity index (χ1) is 11.0. The molecule has 6 heteroatoms. The van der Waals surface area contributed by atoms with E-state index in [2.05, 4.69) is 4.98 Å². The van der Waals surface area contributed by atoms with Crippen molar-refractivity contribution in [2.45, 2.75) is 52.4 Å². The standard InChI is InChI=1S/C17H24N2O4/c1-5-6-13(22-4)10-19-16(20)14-9-12(23-11(2)3)7-8-15(14)18-17(19)21/h7-9,11,13H,5-6,10H2,1-4H3,(H,18,21). The molecule has 0 radical (unpaired) electrons. The van der Waals surface area contributed by atoms with Crippen molar-refractivity contribution >= 4 is 10.9 Å². The fourth-order valence-corrected chi connectivity index (χ4v) is 2.55. The highest BCUT2D eigenvalue weighted by Crippen LogP contribution is 2.17. The minimum absolute atomic E-state index is 0.0138. The van der Waals surface area contributed by atoms with Crippen LogP contribution in [0.25, 0.3) is 10.9 Å². The Labute approximate surface area is 135 Å². The van der Waals surface area contributed by atoms with Crippen molar-refractivity contribution in [3.05, 3.63) is 39.0 Å². The number of rotatable bonds is 7. The average molecular weight is 320 g/mol. The minimum Gasteiger partial charge on any atom is -0.491 e. The molecule has 0 aliphatic carbocycles. The summed E-state index contributed by atoms with van der Waals surface area (Å²) < 4.78 is 12.2. The van der Waals surface area contributed by atoms with E-state index in [0.717, 1.165) is 12.8 Å². The van der Waals surface area contributed by atoms with Crippen LogP contribution < -0.4 is 16.0 Å². The summed E-state index contributed by atoms with van der Waals surface area (Å²) in [4.78, 5) is 27.6. The highest BCUT2D eigenvalue weighted by Gasteiger charge is 2.14. The van der Waals surface area contributed by atoms with E-state index >= 15 is 0 Å². The number of fused-ring (bicyclic) bond motifs is 1. The predicted octanol–water partition coefficient (Wildman–Crippen LogP) is 2.29. The maximum absolute atomic E-state index is 12.7. The van der Waals surface area contributed by atoms with Crippen LogP contribution in [0.5, 0.6) is 5.75 Å². The van der Waals surface area contributed by atoms with Crippen LogP contribution in [0.15, 0.2) is 27.8 Å². The van der Waals surface area contributed by atoms with Crippen LogP contribution in [0.3, 0.4) is 0 Å². The molecule has 1 heterocycles. The maximum atomic E-state index is 12.7. The van der Waals surface area contributed by atoms with Crippen molar-refractivity contribution in [3.63, 3.8) is 0 Å². The second kappa shape index (κ2) is 7.46. The van der Waals surface area contributed by atoms with Gasteiger partial charge in [-0.3, -0.25) is 9.36 Å². The van der Waals surface area contributed by atoms with Gasteiger partial charge in [-0.05, 0) is 38.5 Å². The molecule has 0 amide bonds. The summed E-state index contributed by atoms with van der Waals surface area (Å²) in [6, 6.07) is 5.11. The molecule has 23 heavy (non-hydrogen) atoms. The van der Waals surface area contributed by atoms with Crippen LogP contribution in [0.2, 0.25) is 0 Å². The molecule has 2 aromatic rings. The third kappa shape index (κ3) is 4.01. The number of ether oxygens (including phenoxy) is 2. The smallest absolute Gasteiger partial charge is 0.328 e. The quantitative estimate of drug-likeness (QED) is 0.849. The van der Waals surface area contributed by atoms with Gasteiger partial charge < -0.3 is 14.5 Å². The molecule has 2 rings (SSSR count). The van der Waals surface area contributed by atoms with E-state index in [4.69, 9.17) is 9.47 Å². The second-order valence-corrected chi connectivity index (χ2v) is 5.87. The largest absolute Gasteiger partial charge is 0.491 e. The molecular formula is C17H24N2O4. The summed E-state index contributed by atoms with van der Waals surface area (Å²) in [6.45, 7) is 6.12. The Balaban J connectivity index is 2.49. The Morgan fingerprint density at radius 1 is 1.26 bits per heavy atom. The van der Waals surface area contributed by atoms with E-state index in [0.29, 0.717) is 16.7 Å². The Bertz CT molecular complexity index is 776. The molecule has 0 spiro atoms. The SMILES string of the molecule is CCCC(Cn1c(=O)[nH]c2ccc(OC(C)C)cc2c1=O)OC. The van der Waals surface area contributed by atoms with Crippen molar-refractivity contribution < 1.29 is 9.47 Å². The molecule has 0 aliphatic rings. The summed E-state index contributed by atoms with van der Waals surface area (Å²) in [6.07, 6.45) is 1.56. The highest BCUT2D eigenvalue weighted by molar-refractivity contribution is 5.78. The summed E-state index contributed by atoms with van der Waals surface area (Å²) in [5, 5.41) is 0.439. The van der Waals surface area contributed by atoms with E-state index < -0.39 is 5.69 Å². The lowest BCUT2D eigenvalue weighted by atomic mass is 10.2. The van der Waals surface area contributed by atoms with Crippen molar-refractivity contribution in [3.8, 4) is 5.75 Å². The minimum atomic E-state index is -0.418. The van der Waals surface area contributed by atoms with Gasteiger partial charge in [0, 0.05) is 7.11 Å². The maximum Gasteiger partial charge on any atom is 0.328 e. The van der Waals surface area contributed by atoms with Gasteiger partial charge in [-0.2, -0.15) is 0 Å². The van der Waals surface area contributed by atoms with E-state index in [1.54, 1.807) is 25.3 Å². The topological polar surface area (TPSA) is 73.3 Å². The van der Waals surface area contributed by atoms with Crippen LogP contribution in [-0.2, 0) is 11.3 Å². The Kier molecular flexibility index (Phi) is 5.60. The molecule has 1 aromatic carbocycles. The number of aromatic nitrogens is 2. The molecule has 1 aromatic heterocycles. The van der Waals surface area contributed by atoms with E-state index in [1.807, 2.05) is 20.8 Å². The molecule has 126 valence electrons. The van der Waals surface area contributed by atoms with Gasteiger partial charge in [-0.15, -0.1) is 0 Å². The Hall–Kier alpha value is -2.08. The van der Waals surface area contributed by atoms with Crippen molar-refractivity contribution in [2.75, 3.05) is 7.11 Å². The van der Waals surface area contributed by atoms with E-state index in [1.165, 1.54) is 4.57 Å². The van der Waals surface area contributed by atoms with Gasteiger partial charge in [0.1, 0.15) is 5.75 Å². The lowest BCUT2D eigenvalue weighted by Gasteiger charge is -2.16. The van der Waals surface area contributed by atoms with Gasteiger partial charge in [0.2, 0.25) is 0 Å². The third-order valence-corrected chi connectivity index (χ3v) is 3.66. The van der Waals surface area contributed by atoms with Crippen LogP contribution >= 0.6 is 0 Å². The monoisotopic (exact) mass is 320 g/mol. The number of nitrogens with zero attached hydrogens (tertiary/aromatic N) is 1. The van der Waals surface area contributed by atoms with Crippen LogP contribution in [-0.4, -0.2) is 28.9 Å². The normalized spacial score (nSPS) is 12.7. The average Bonchev–Trinajstić information content (AvgIpc) is 2.50. The zero-order chi connectivity index (χ0) is 17.0. The zero-order valence-corrected chi connectivity index (χ0v) is 14.1. The van der Waals surface area contributed by atoms with Gasteiger partial charge in [0.25, 0.3) is 5.56 Å². The summed E-state index contributed by atoms with van der Waals surface area (Å²) in [5.74, 6) is 0.611. The summed E-state index contributed by atoms with van der Waals surface area (Å²) in [7, 11) is 1.59. The molecule has 0 bridgehead atoms. The Morgan fingerprint density at radius 2 is 2.00 bits per heavy atom. The summed E-state index contributed by atoms with van der Waals surface area (Å²) >= 11 is 0. The molecule has 0 aliphatic heterocycles. The van der Waals surface area contributed by atoms with Gasteiger partial charge in [0.05, 0.1) is 29.7 Å². The zero-order valence-electron chi connectivity index (χ0n) is 14.1. The molecule has 1 atom stereocenters. The van der Waals surface area contributed by atoms with Gasteiger partial charge in [0.15, 0.2) is 0 Å². The number of H-pyrrole nitrogens is 1. The molecular weight excluding hydrogens is 296 g/mol. The summed E-state index contributed by atoms with van der Waals surface area (Å²) in [5.41, 5.74) is -0.230. The molecule has 0 saturated heterocycles. The number of aromatic amines is 1. The van der Waals surface area contributed by atoms with Crippen LogP contribution in [0, 0.1) is 0 Å². The highest BCUT2D eigenvalue weighted by atomic mass is 16.5. The van der Waals surface area contributed by atoms with Crippen molar-refractivity contribution in [1.82, 2.24) is 9.55 Å². The fourth-order valence-electron chi connectivity index (χ4n) is 2.55. The molecule has 6 nitrogen and oxygen atoms in total. The molecule has 0 fully saturated rings. The first-order valence-electron chi connectivity index (χ1n) is 7.92. The number of nitrogens with one attached hydrogen (secondary N) is 1. The lowest BCUT2D eigenvalue weighted by Crippen LogP contribution is -2.38. The van der Waals surface area contributed by atoms with Crippen molar-refractivity contribution in [1.29, 1.82) is 0 Å². The Morgan fingerprint density at radius 3 is 2.61 bits per heavy atom. The van der Waals surface area contributed by atoms with Crippen molar-refractivity contribution in [2.24, 2.45) is 0 Å². The number of hydrogen-bond acceptors (Lipinski definition) is 4. The number of benzene rings is 1. The van der Waals surface area contributed by atoms with E-state index in [9.17, 15) is 9.59 Å². The number of hydrogen-bond donors (Lipinski definition) is 1. The molecule has 1 unspecified atom stereocenters. The fraction of sp³-hybridized carbons (Fsp3) is 0.529.